The Morgan fingerprint density at radius 3 is 2.91 bits per heavy atom. The van der Waals surface area contributed by atoms with Crippen molar-refractivity contribution in [1.29, 1.82) is 0 Å². The summed E-state index contributed by atoms with van der Waals surface area (Å²) in [5, 5.41) is 0.613. The fraction of sp³-hybridized carbons (Fsp3) is 0.278. The Hall–Kier alpha value is -2.00. The van der Waals surface area contributed by atoms with Crippen LogP contribution in [-0.4, -0.2) is 19.6 Å². The van der Waals surface area contributed by atoms with E-state index in [0.29, 0.717) is 10.8 Å². The minimum atomic E-state index is 0.0774. The van der Waals surface area contributed by atoms with Crippen LogP contribution < -0.4 is 9.64 Å². The van der Waals surface area contributed by atoms with Crippen LogP contribution in [0.5, 0.6) is 5.75 Å². The Labute approximate surface area is 135 Å². The van der Waals surface area contributed by atoms with Crippen LogP contribution in [0.2, 0.25) is 5.02 Å². The summed E-state index contributed by atoms with van der Waals surface area (Å²) in [6.45, 7) is 2.78. The van der Waals surface area contributed by atoms with Crippen molar-refractivity contribution < 1.29 is 9.53 Å². The van der Waals surface area contributed by atoms with E-state index in [2.05, 4.69) is 6.07 Å². The van der Waals surface area contributed by atoms with Crippen LogP contribution in [0.4, 0.5) is 5.69 Å². The Balaban J connectivity index is 1.87. The van der Waals surface area contributed by atoms with Crippen LogP contribution in [0.25, 0.3) is 0 Å². The number of benzene rings is 2. The number of carbonyl (C=O) groups is 1. The number of amides is 1. The van der Waals surface area contributed by atoms with Gasteiger partial charge in [0.1, 0.15) is 5.75 Å². The lowest BCUT2D eigenvalue weighted by molar-refractivity contribution is -0.117. The highest BCUT2D eigenvalue weighted by molar-refractivity contribution is 6.30. The molecule has 1 heterocycles. The quantitative estimate of drug-likeness (QED) is 0.862. The summed E-state index contributed by atoms with van der Waals surface area (Å²) >= 11 is 6.04. The van der Waals surface area contributed by atoms with E-state index >= 15 is 0 Å². The molecule has 0 aromatic heterocycles. The molecule has 22 heavy (non-hydrogen) atoms. The van der Waals surface area contributed by atoms with Crippen LogP contribution in [0.3, 0.4) is 0 Å². The predicted octanol–water partition coefficient (Wildman–Crippen LogP) is 3.79. The van der Waals surface area contributed by atoms with E-state index in [1.807, 2.05) is 24.0 Å². The second-order valence-corrected chi connectivity index (χ2v) is 5.95. The second-order valence-electron chi connectivity index (χ2n) is 5.51. The highest BCUT2D eigenvalue weighted by Crippen LogP contribution is 2.32. The SMILES string of the molecule is COc1ccc(Cl)cc1CC(=O)N1CCc2cccc(C)c21. The van der Waals surface area contributed by atoms with Gasteiger partial charge in [-0.1, -0.05) is 29.8 Å². The van der Waals surface area contributed by atoms with Crippen LogP contribution in [-0.2, 0) is 17.6 Å². The number of ether oxygens (including phenoxy) is 1. The Morgan fingerprint density at radius 1 is 1.32 bits per heavy atom. The Kier molecular flexibility index (Phi) is 4.08. The molecule has 2 aromatic rings. The Morgan fingerprint density at radius 2 is 2.14 bits per heavy atom. The molecular weight excluding hydrogens is 298 g/mol. The van der Waals surface area contributed by atoms with Gasteiger partial charge in [0.05, 0.1) is 13.5 Å². The molecule has 1 aliphatic rings. The van der Waals surface area contributed by atoms with Gasteiger partial charge < -0.3 is 9.64 Å². The summed E-state index contributed by atoms with van der Waals surface area (Å²) in [6, 6.07) is 11.5. The van der Waals surface area contributed by atoms with Crippen molar-refractivity contribution in [1.82, 2.24) is 0 Å². The lowest BCUT2D eigenvalue weighted by Gasteiger charge is -2.20. The fourth-order valence-electron chi connectivity index (χ4n) is 3.04. The van der Waals surface area contributed by atoms with Crippen LogP contribution >= 0.6 is 11.6 Å². The summed E-state index contributed by atoms with van der Waals surface area (Å²) in [7, 11) is 1.60. The molecule has 0 aliphatic carbocycles. The number of halogens is 1. The number of aryl methyl sites for hydroxylation is 1. The number of methoxy groups -OCH3 is 1. The number of hydrogen-bond acceptors (Lipinski definition) is 2. The van der Waals surface area contributed by atoms with Crippen LogP contribution in [0, 0.1) is 6.92 Å². The molecule has 4 heteroatoms. The first-order valence-corrected chi connectivity index (χ1v) is 7.69. The van der Waals surface area contributed by atoms with Gasteiger partial charge in [-0.3, -0.25) is 4.79 Å². The molecule has 2 aromatic carbocycles. The van der Waals surface area contributed by atoms with Gasteiger partial charge in [-0.2, -0.15) is 0 Å². The van der Waals surface area contributed by atoms with E-state index in [1.54, 1.807) is 25.3 Å². The van der Waals surface area contributed by atoms with E-state index in [9.17, 15) is 4.79 Å². The van der Waals surface area contributed by atoms with Gasteiger partial charge in [-0.15, -0.1) is 0 Å². The first-order valence-electron chi connectivity index (χ1n) is 7.31. The zero-order valence-electron chi connectivity index (χ0n) is 12.7. The zero-order valence-corrected chi connectivity index (χ0v) is 13.5. The van der Waals surface area contributed by atoms with E-state index < -0.39 is 0 Å². The van der Waals surface area contributed by atoms with Gasteiger partial charge in [-0.25, -0.2) is 0 Å². The Bertz CT molecular complexity index is 727. The van der Waals surface area contributed by atoms with Gasteiger partial charge in [0.2, 0.25) is 5.91 Å². The van der Waals surface area contributed by atoms with Crippen molar-refractivity contribution in [2.75, 3.05) is 18.6 Å². The van der Waals surface area contributed by atoms with Crippen molar-refractivity contribution in [3.63, 3.8) is 0 Å². The molecule has 3 rings (SSSR count). The lowest BCUT2D eigenvalue weighted by Crippen LogP contribution is -2.31. The summed E-state index contributed by atoms with van der Waals surface area (Å²) in [4.78, 5) is 14.6. The minimum Gasteiger partial charge on any atom is -0.496 e. The number of rotatable bonds is 3. The maximum Gasteiger partial charge on any atom is 0.231 e. The molecule has 0 spiro atoms. The average molecular weight is 316 g/mol. The van der Waals surface area contributed by atoms with Gasteiger partial charge in [0.25, 0.3) is 0 Å². The van der Waals surface area contributed by atoms with Gasteiger partial charge in [0.15, 0.2) is 0 Å². The van der Waals surface area contributed by atoms with E-state index in [-0.39, 0.29) is 12.3 Å². The van der Waals surface area contributed by atoms with Crippen molar-refractivity contribution in [3.8, 4) is 5.75 Å². The monoisotopic (exact) mass is 315 g/mol. The van der Waals surface area contributed by atoms with Crippen molar-refractivity contribution in [3.05, 3.63) is 58.1 Å². The summed E-state index contributed by atoms with van der Waals surface area (Å²) in [5.41, 5.74) is 4.27. The molecule has 0 N–H and O–H groups in total. The molecular formula is C18H18ClNO2. The normalized spacial score (nSPS) is 13.1. The third-order valence-electron chi connectivity index (χ3n) is 4.08. The highest BCUT2D eigenvalue weighted by Gasteiger charge is 2.26. The molecule has 0 unspecified atom stereocenters. The van der Waals surface area contributed by atoms with Crippen molar-refractivity contribution in [2.45, 2.75) is 19.8 Å². The number of nitrogens with zero attached hydrogens (tertiary/aromatic N) is 1. The molecule has 0 radical (unpaired) electrons. The van der Waals surface area contributed by atoms with Gasteiger partial charge >= 0.3 is 0 Å². The lowest BCUT2D eigenvalue weighted by atomic mass is 10.1. The van der Waals surface area contributed by atoms with Gasteiger partial charge in [0, 0.05) is 22.8 Å². The smallest absolute Gasteiger partial charge is 0.231 e. The third-order valence-corrected chi connectivity index (χ3v) is 4.32. The molecule has 0 fully saturated rings. The van der Waals surface area contributed by atoms with E-state index in [0.717, 1.165) is 29.8 Å². The molecule has 0 atom stereocenters. The summed E-state index contributed by atoms with van der Waals surface area (Å²) < 4.78 is 5.33. The molecule has 1 aliphatic heterocycles. The van der Waals surface area contributed by atoms with E-state index in [1.165, 1.54) is 5.56 Å². The summed E-state index contributed by atoms with van der Waals surface area (Å²) in [5.74, 6) is 0.774. The zero-order chi connectivity index (χ0) is 15.7. The maximum atomic E-state index is 12.7. The first-order chi connectivity index (χ1) is 10.6. The predicted molar refractivity (Wildman–Crippen MR) is 88.9 cm³/mol. The number of anilines is 1. The highest BCUT2D eigenvalue weighted by atomic mass is 35.5. The molecule has 0 saturated carbocycles. The molecule has 0 saturated heterocycles. The number of hydrogen-bond donors (Lipinski definition) is 0. The molecule has 1 amide bonds. The number of carbonyl (C=O) groups excluding carboxylic acids is 1. The molecule has 114 valence electrons. The number of para-hydroxylation sites is 1. The molecule has 3 nitrogen and oxygen atoms in total. The van der Waals surface area contributed by atoms with E-state index in [4.69, 9.17) is 16.3 Å². The third kappa shape index (κ3) is 2.69. The van der Waals surface area contributed by atoms with Crippen molar-refractivity contribution >= 4 is 23.2 Å². The second kappa shape index (κ2) is 6.01. The average Bonchev–Trinajstić information content (AvgIpc) is 2.93. The summed E-state index contributed by atoms with van der Waals surface area (Å²) in [6.07, 6.45) is 1.20. The van der Waals surface area contributed by atoms with Crippen LogP contribution in [0.1, 0.15) is 16.7 Å². The van der Waals surface area contributed by atoms with Crippen molar-refractivity contribution in [2.24, 2.45) is 0 Å². The van der Waals surface area contributed by atoms with Gasteiger partial charge in [-0.05, 0) is 42.7 Å². The van der Waals surface area contributed by atoms with Crippen LogP contribution in [0.15, 0.2) is 36.4 Å². The number of fused-ring (bicyclic) bond motifs is 1. The largest absolute Gasteiger partial charge is 0.496 e. The molecule has 0 bridgehead atoms. The standard InChI is InChI=1S/C18H18ClNO2/c1-12-4-3-5-13-8-9-20(18(12)13)17(21)11-14-10-15(19)6-7-16(14)22-2/h3-7,10H,8-9,11H2,1-2H3. The minimum absolute atomic E-state index is 0.0774. The first kappa shape index (κ1) is 14.9. The fourth-order valence-corrected chi connectivity index (χ4v) is 3.24. The maximum absolute atomic E-state index is 12.7. The topological polar surface area (TPSA) is 29.5 Å².